The molecule has 0 aliphatic heterocycles. The molecule has 104 valence electrons. The van der Waals surface area contributed by atoms with Gasteiger partial charge in [0.05, 0.1) is 12.4 Å². The Morgan fingerprint density at radius 3 is 2.55 bits per heavy atom. The van der Waals surface area contributed by atoms with E-state index in [2.05, 4.69) is 9.97 Å². The zero-order valence-corrected chi connectivity index (χ0v) is 11.5. The second kappa shape index (κ2) is 6.14. The summed E-state index contributed by atoms with van der Waals surface area (Å²) in [4.78, 5) is 21.1. The molecule has 5 heteroatoms. The number of nitrogens with zero attached hydrogens (tertiary/aromatic N) is 3. The monoisotopic (exact) mass is 271 g/mol. The summed E-state index contributed by atoms with van der Waals surface area (Å²) in [6.45, 7) is 4.74. The van der Waals surface area contributed by atoms with Crippen molar-refractivity contribution in [1.29, 1.82) is 0 Å². The van der Waals surface area contributed by atoms with Crippen molar-refractivity contribution in [2.24, 2.45) is 0 Å². The Kier molecular flexibility index (Phi) is 4.30. The van der Waals surface area contributed by atoms with E-state index in [-0.39, 0.29) is 11.7 Å². The van der Waals surface area contributed by atoms with Crippen LogP contribution in [0.25, 0.3) is 0 Å². The highest BCUT2D eigenvalue weighted by atomic mass is 16.4. The molecule has 20 heavy (non-hydrogen) atoms. The van der Waals surface area contributed by atoms with E-state index in [1.165, 1.54) is 6.20 Å². The molecular weight excluding hydrogens is 254 g/mol. The van der Waals surface area contributed by atoms with Crippen LogP contribution in [-0.4, -0.2) is 27.1 Å². The van der Waals surface area contributed by atoms with E-state index in [0.717, 1.165) is 5.56 Å². The SMILES string of the molecule is CC(C)N(Cc1ccccc1)c1cncc(C(=O)O)n1. The van der Waals surface area contributed by atoms with Crippen LogP contribution < -0.4 is 4.90 Å². The molecule has 0 aliphatic carbocycles. The average molecular weight is 271 g/mol. The number of rotatable bonds is 5. The normalized spacial score (nSPS) is 10.6. The van der Waals surface area contributed by atoms with Crippen LogP contribution >= 0.6 is 0 Å². The number of carboxylic acids is 1. The highest BCUT2D eigenvalue weighted by Gasteiger charge is 2.15. The molecule has 5 nitrogen and oxygen atoms in total. The molecule has 0 unspecified atom stereocenters. The van der Waals surface area contributed by atoms with Crippen LogP contribution in [0.15, 0.2) is 42.7 Å². The number of benzene rings is 1. The molecule has 0 bridgehead atoms. The van der Waals surface area contributed by atoms with Gasteiger partial charge in [0.25, 0.3) is 0 Å². The van der Waals surface area contributed by atoms with Gasteiger partial charge < -0.3 is 10.0 Å². The fourth-order valence-corrected chi connectivity index (χ4v) is 1.91. The maximum Gasteiger partial charge on any atom is 0.356 e. The second-order valence-corrected chi connectivity index (χ2v) is 4.77. The van der Waals surface area contributed by atoms with Crippen molar-refractivity contribution >= 4 is 11.8 Å². The van der Waals surface area contributed by atoms with Crippen molar-refractivity contribution in [3.8, 4) is 0 Å². The Hall–Kier alpha value is -2.43. The van der Waals surface area contributed by atoms with Crippen molar-refractivity contribution in [2.45, 2.75) is 26.4 Å². The van der Waals surface area contributed by atoms with Crippen molar-refractivity contribution in [3.63, 3.8) is 0 Å². The summed E-state index contributed by atoms with van der Waals surface area (Å²) >= 11 is 0. The largest absolute Gasteiger partial charge is 0.476 e. The molecular formula is C15H17N3O2. The molecule has 1 N–H and O–H groups in total. The maximum atomic E-state index is 11.0. The van der Waals surface area contributed by atoms with Crippen molar-refractivity contribution in [3.05, 3.63) is 54.0 Å². The summed E-state index contributed by atoms with van der Waals surface area (Å²) in [5, 5.41) is 9.00. The Morgan fingerprint density at radius 1 is 1.25 bits per heavy atom. The number of aromatic nitrogens is 2. The van der Waals surface area contributed by atoms with E-state index in [0.29, 0.717) is 12.4 Å². The minimum atomic E-state index is -1.07. The summed E-state index contributed by atoms with van der Waals surface area (Å²) in [6, 6.07) is 10.2. The third kappa shape index (κ3) is 3.32. The van der Waals surface area contributed by atoms with Gasteiger partial charge in [-0.1, -0.05) is 30.3 Å². The molecule has 2 rings (SSSR count). The zero-order chi connectivity index (χ0) is 14.5. The quantitative estimate of drug-likeness (QED) is 0.905. The number of carbonyl (C=O) groups is 1. The third-order valence-electron chi connectivity index (χ3n) is 2.95. The van der Waals surface area contributed by atoms with Crippen LogP contribution in [0.5, 0.6) is 0 Å². The summed E-state index contributed by atoms with van der Waals surface area (Å²) in [7, 11) is 0. The first-order valence-corrected chi connectivity index (χ1v) is 6.44. The molecule has 1 aromatic carbocycles. The Labute approximate surface area is 117 Å². The minimum absolute atomic E-state index is 0.0405. The van der Waals surface area contributed by atoms with E-state index >= 15 is 0 Å². The smallest absolute Gasteiger partial charge is 0.356 e. The van der Waals surface area contributed by atoms with Crippen molar-refractivity contribution in [1.82, 2.24) is 9.97 Å². The molecule has 0 radical (unpaired) electrons. The molecule has 0 spiro atoms. The fourth-order valence-electron chi connectivity index (χ4n) is 1.91. The van der Waals surface area contributed by atoms with Gasteiger partial charge in [0.1, 0.15) is 5.82 Å². The molecule has 0 saturated carbocycles. The molecule has 0 amide bonds. The first-order chi connectivity index (χ1) is 9.58. The summed E-state index contributed by atoms with van der Waals surface area (Å²) in [6.07, 6.45) is 2.85. The van der Waals surface area contributed by atoms with Crippen LogP contribution in [0.1, 0.15) is 29.9 Å². The summed E-state index contributed by atoms with van der Waals surface area (Å²) in [5.41, 5.74) is 1.10. The zero-order valence-electron chi connectivity index (χ0n) is 11.5. The topological polar surface area (TPSA) is 66.3 Å². The number of carboxylic acid groups (broad SMARTS) is 1. The average Bonchev–Trinajstić information content (AvgIpc) is 2.45. The standard InChI is InChI=1S/C15H17N3O2/c1-11(2)18(10-12-6-4-3-5-7-12)14-9-16-8-13(17-14)15(19)20/h3-9,11H,10H2,1-2H3,(H,19,20). The van der Waals surface area contributed by atoms with Crippen molar-refractivity contribution < 1.29 is 9.90 Å². The van der Waals surface area contributed by atoms with E-state index < -0.39 is 5.97 Å². The lowest BCUT2D eigenvalue weighted by atomic mass is 10.2. The summed E-state index contributed by atoms with van der Waals surface area (Å²) < 4.78 is 0. The lowest BCUT2D eigenvalue weighted by Gasteiger charge is -2.27. The molecule has 0 fully saturated rings. The van der Waals surface area contributed by atoms with Crippen LogP contribution in [-0.2, 0) is 6.54 Å². The molecule has 1 aromatic heterocycles. The first-order valence-electron chi connectivity index (χ1n) is 6.44. The number of anilines is 1. The van der Waals surface area contributed by atoms with Gasteiger partial charge in [-0.25, -0.2) is 9.78 Å². The van der Waals surface area contributed by atoms with E-state index in [1.807, 2.05) is 49.1 Å². The third-order valence-corrected chi connectivity index (χ3v) is 2.95. The van der Waals surface area contributed by atoms with Crippen LogP contribution in [0.2, 0.25) is 0 Å². The van der Waals surface area contributed by atoms with E-state index in [4.69, 9.17) is 5.11 Å². The van der Waals surface area contributed by atoms with Crippen molar-refractivity contribution in [2.75, 3.05) is 4.90 Å². The lowest BCUT2D eigenvalue weighted by molar-refractivity contribution is 0.0690. The van der Waals surface area contributed by atoms with Gasteiger partial charge in [-0.15, -0.1) is 0 Å². The fraction of sp³-hybridized carbons (Fsp3) is 0.267. The molecule has 0 aliphatic rings. The maximum absolute atomic E-state index is 11.0. The van der Waals surface area contributed by atoms with Gasteiger partial charge in [-0.05, 0) is 19.4 Å². The molecule has 0 saturated heterocycles. The second-order valence-electron chi connectivity index (χ2n) is 4.77. The van der Waals surface area contributed by atoms with Gasteiger partial charge in [-0.3, -0.25) is 4.98 Å². The predicted octanol–water partition coefficient (Wildman–Crippen LogP) is 2.59. The Balaban J connectivity index is 2.29. The Morgan fingerprint density at radius 2 is 1.95 bits per heavy atom. The summed E-state index contributed by atoms with van der Waals surface area (Å²) in [5.74, 6) is -0.494. The number of hydrogen-bond donors (Lipinski definition) is 1. The van der Waals surface area contributed by atoms with E-state index in [1.54, 1.807) is 6.20 Å². The van der Waals surface area contributed by atoms with Crippen LogP contribution in [0.4, 0.5) is 5.82 Å². The molecule has 0 atom stereocenters. The highest BCUT2D eigenvalue weighted by Crippen LogP contribution is 2.17. The van der Waals surface area contributed by atoms with Gasteiger partial charge in [-0.2, -0.15) is 0 Å². The predicted molar refractivity (Wildman–Crippen MR) is 76.8 cm³/mol. The van der Waals surface area contributed by atoms with Gasteiger partial charge in [0, 0.05) is 12.6 Å². The molecule has 2 aromatic rings. The molecule has 1 heterocycles. The number of hydrogen-bond acceptors (Lipinski definition) is 4. The van der Waals surface area contributed by atoms with Gasteiger partial charge in [0.15, 0.2) is 5.69 Å². The van der Waals surface area contributed by atoms with Crippen LogP contribution in [0, 0.1) is 0 Å². The first kappa shape index (κ1) is 14.0. The Bertz CT molecular complexity index is 585. The van der Waals surface area contributed by atoms with Gasteiger partial charge >= 0.3 is 5.97 Å². The highest BCUT2D eigenvalue weighted by molar-refractivity contribution is 5.85. The van der Waals surface area contributed by atoms with Crippen LogP contribution in [0.3, 0.4) is 0 Å². The van der Waals surface area contributed by atoms with Gasteiger partial charge in [0.2, 0.25) is 0 Å². The van der Waals surface area contributed by atoms with E-state index in [9.17, 15) is 4.79 Å². The number of aromatic carboxylic acids is 1. The minimum Gasteiger partial charge on any atom is -0.476 e. The lowest BCUT2D eigenvalue weighted by Crippen LogP contribution is -2.31.